The van der Waals surface area contributed by atoms with Crippen LogP contribution in [-0.4, -0.2) is 110 Å². The first kappa shape index (κ1) is 43.8. The molecule has 6 aromatic rings. The smallest absolute Gasteiger partial charge is 0.262 e. The van der Waals surface area contributed by atoms with E-state index < -0.39 is 0 Å². The predicted molar refractivity (Wildman–Crippen MR) is 252 cm³/mol. The van der Waals surface area contributed by atoms with Gasteiger partial charge >= 0.3 is 0 Å². The molecule has 2 fully saturated rings. The number of rotatable bonds is 7. The number of hydrogen-bond donors (Lipinski definition) is 3. The minimum absolute atomic E-state index is 0.0498. The highest BCUT2D eigenvalue weighted by Gasteiger charge is 2.31. The van der Waals surface area contributed by atoms with Gasteiger partial charge in [0, 0.05) is 60.5 Å². The molecule has 16 heteroatoms. The lowest BCUT2D eigenvalue weighted by Gasteiger charge is -2.30. The number of aromatic nitrogens is 2. The molecule has 0 bridgehead atoms. The summed E-state index contributed by atoms with van der Waals surface area (Å²) >= 11 is 0. The molecule has 4 atom stereocenters. The van der Waals surface area contributed by atoms with Crippen molar-refractivity contribution in [3.63, 3.8) is 0 Å². The van der Waals surface area contributed by atoms with Crippen LogP contribution in [0.1, 0.15) is 37.6 Å². The largest absolute Gasteiger partial charge is 0.489 e. The molecule has 16 nitrogen and oxygen atoms in total. The molecule has 0 saturated carbocycles. The number of likely N-dealkylation sites (tertiary alicyclic amines) is 1. The number of hydrogen-bond acceptors (Lipinski definition) is 14. The summed E-state index contributed by atoms with van der Waals surface area (Å²) in [5.41, 5.74) is 5.21. The van der Waals surface area contributed by atoms with Gasteiger partial charge in [-0.1, -0.05) is 6.92 Å². The fourth-order valence-corrected chi connectivity index (χ4v) is 8.78. The molecule has 3 N–H and O–H groups in total. The zero-order valence-electron chi connectivity index (χ0n) is 37.8. The van der Waals surface area contributed by atoms with Gasteiger partial charge in [-0.3, -0.25) is 24.5 Å². The van der Waals surface area contributed by atoms with E-state index in [2.05, 4.69) is 43.8 Å². The number of nitrogens with one attached hydrogen (secondary N) is 3. The van der Waals surface area contributed by atoms with Gasteiger partial charge < -0.3 is 53.8 Å². The molecule has 0 aliphatic carbocycles. The first-order valence-electron chi connectivity index (χ1n) is 23.0. The van der Waals surface area contributed by atoms with Crippen LogP contribution in [0, 0.1) is 13.8 Å². The molecular weight excluding hydrogens is 857 g/mol. The molecular formula is C51H54N6O10. The molecule has 6 aliphatic rings. The quantitative estimate of drug-likeness (QED) is 0.149. The SMILES string of the molecule is CC[C@H]1COc2ccc3nc(C)ccc3c2O1.Cc1ccc2c3c(ccc2n1)OC[C@H](CN1CC[C@H](Oc2ccc4c(c2)NC(=O)CO4)C1)O3.O=C1COc2ccc(O[C@H]3CCNC3)cc2N1. The second-order valence-corrected chi connectivity index (χ2v) is 17.3. The second-order valence-electron chi connectivity index (χ2n) is 17.3. The monoisotopic (exact) mass is 910 g/mol. The Morgan fingerprint density at radius 1 is 0.642 bits per heavy atom. The topological polar surface area (TPSA) is 173 Å². The highest BCUT2D eigenvalue weighted by Crippen LogP contribution is 2.40. The zero-order valence-corrected chi connectivity index (χ0v) is 37.8. The molecule has 2 saturated heterocycles. The van der Waals surface area contributed by atoms with E-state index in [-0.39, 0.29) is 49.4 Å². The van der Waals surface area contributed by atoms with E-state index in [1.807, 2.05) is 92.7 Å². The molecule has 0 spiro atoms. The van der Waals surface area contributed by atoms with Crippen molar-refractivity contribution in [1.29, 1.82) is 0 Å². The van der Waals surface area contributed by atoms with E-state index in [1.54, 1.807) is 0 Å². The number of amides is 2. The molecule has 2 amide bonds. The Kier molecular flexibility index (Phi) is 12.7. The van der Waals surface area contributed by atoms with Crippen LogP contribution in [0.15, 0.2) is 84.9 Å². The van der Waals surface area contributed by atoms with Gasteiger partial charge in [-0.05, 0) is 112 Å². The fraction of sp³-hybridized carbons (Fsp3) is 0.373. The van der Waals surface area contributed by atoms with Gasteiger partial charge in [-0.2, -0.15) is 0 Å². The molecule has 2 aromatic heterocycles. The van der Waals surface area contributed by atoms with Crippen LogP contribution in [0.5, 0.6) is 46.0 Å². The van der Waals surface area contributed by atoms with Crippen LogP contribution >= 0.6 is 0 Å². The Labute approximate surface area is 388 Å². The van der Waals surface area contributed by atoms with Crippen molar-refractivity contribution in [3.8, 4) is 46.0 Å². The van der Waals surface area contributed by atoms with Crippen molar-refractivity contribution in [1.82, 2.24) is 20.2 Å². The van der Waals surface area contributed by atoms with E-state index >= 15 is 0 Å². The first-order valence-corrected chi connectivity index (χ1v) is 23.0. The van der Waals surface area contributed by atoms with E-state index in [4.69, 9.17) is 37.9 Å². The lowest BCUT2D eigenvalue weighted by Crippen LogP contribution is -2.40. The summed E-state index contributed by atoms with van der Waals surface area (Å²) in [5.74, 6) is 5.80. The number of fused-ring (bicyclic) bond motifs is 8. The number of benzene rings is 4. The Balaban J connectivity index is 0.000000130. The molecule has 12 rings (SSSR count). The number of carbonyl (C=O) groups excluding carboxylic acids is 2. The van der Waals surface area contributed by atoms with Crippen LogP contribution in [0.3, 0.4) is 0 Å². The maximum Gasteiger partial charge on any atom is 0.262 e. The Hall–Kier alpha value is -7.04. The fourth-order valence-electron chi connectivity index (χ4n) is 8.78. The average molecular weight is 911 g/mol. The molecule has 4 aromatic carbocycles. The van der Waals surface area contributed by atoms with Crippen molar-refractivity contribution >= 4 is 45.0 Å². The van der Waals surface area contributed by atoms with Crippen LogP contribution in [0.2, 0.25) is 0 Å². The van der Waals surface area contributed by atoms with Gasteiger partial charge in [0.05, 0.1) is 22.4 Å². The maximum absolute atomic E-state index is 11.6. The molecule has 0 unspecified atom stereocenters. The number of aryl methyl sites for hydroxylation is 2. The Morgan fingerprint density at radius 3 is 1.76 bits per heavy atom. The Morgan fingerprint density at radius 2 is 1.19 bits per heavy atom. The third-order valence-electron chi connectivity index (χ3n) is 12.2. The van der Waals surface area contributed by atoms with Crippen molar-refractivity contribution in [3.05, 3.63) is 96.3 Å². The number of carbonyl (C=O) groups is 2. The van der Waals surface area contributed by atoms with E-state index in [0.717, 1.165) is 120 Å². The zero-order chi connectivity index (χ0) is 45.9. The molecule has 6 aliphatic heterocycles. The van der Waals surface area contributed by atoms with Crippen LogP contribution in [0.4, 0.5) is 11.4 Å². The van der Waals surface area contributed by atoms with Gasteiger partial charge in [0.1, 0.15) is 60.6 Å². The molecule has 8 heterocycles. The van der Waals surface area contributed by atoms with E-state index in [9.17, 15) is 9.59 Å². The van der Waals surface area contributed by atoms with Crippen LogP contribution < -0.4 is 53.8 Å². The van der Waals surface area contributed by atoms with Crippen molar-refractivity contribution in [2.45, 2.75) is 64.4 Å². The van der Waals surface area contributed by atoms with Gasteiger partial charge in [0.25, 0.3) is 11.8 Å². The normalized spacial score (nSPS) is 21.2. The summed E-state index contributed by atoms with van der Waals surface area (Å²) in [6, 6.07) is 27.0. The number of anilines is 2. The third kappa shape index (κ3) is 10.2. The number of ether oxygens (including phenoxy) is 8. The highest BCUT2D eigenvalue weighted by molar-refractivity contribution is 5.96. The van der Waals surface area contributed by atoms with Crippen molar-refractivity contribution < 1.29 is 47.5 Å². The summed E-state index contributed by atoms with van der Waals surface area (Å²) in [4.78, 5) is 34.2. The van der Waals surface area contributed by atoms with Crippen LogP contribution in [0.25, 0.3) is 21.8 Å². The highest BCUT2D eigenvalue weighted by atomic mass is 16.6. The summed E-state index contributed by atoms with van der Waals surface area (Å²) in [6.07, 6.45) is 3.28. The van der Waals surface area contributed by atoms with Crippen LogP contribution in [-0.2, 0) is 9.59 Å². The van der Waals surface area contributed by atoms with Crippen molar-refractivity contribution in [2.24, 2.45) is 0 Å². The van der Waals surface area contributed by atoms with Gasteiger partial charge in [0.15, 0.2) is 36.2 Å². The lowest BCUT2D eigenvalue weighted by molar-refractivity contribution is -0.119. The summed E-state index contributed by atoms with van der Waals surface area (Å²) in [7, 11) is 0. The van der Waals surface area contributed by atoms with Crippen molar-refractivity contribution in [2.75, 3.05) is 69.8 Å². The van der Waals surface area contributed by atoms with Gasteiger partial charge in [0.2, 0.25) is 0 Å². The number of pyridine rings is 2. The predicted octanol–water partition coefficient (Wildman–Crippen LogP) is 7.02. The first-order chi connectivity index (χ1) is 32.7. The minimum Gasteiger partial charge on any atom is -0.489 e. The lowest BCUT2D eigenvalue weighted by atomic mass is 10.1. The summed E-state index contributed by atoms with van der Waals surface area (Å²) in [6.45, 7) is 11.7. The average Bonchev–Trinajstić information content (AvgIpc) is 4.03. The van der Waals surface area contributed by atoms with E-state index in [0.29, 0.717) is 36.1 Å². The summed E-state index contributed by atoms with van der Waals surface area (Å²) < 4.78 is 46.8. The minimum atomic E-state index is -0.151. The second kappa shape index (κ2) is 19.4. The number of nitrogens with zero attached hydrogens (tertiary/aromatic N) is 3. The maximum atomic E-state index is 11.6. The molecule has 0 radical (unpaired) electrons. The molecule has 348 valence electrons. The third-order valence-corrected chi connectivity index (χ3v) is 12.2. The van der Waals surface area contributed by atoms with Gasteiger partial charge in [-0.15, -0.1) is 0 Å². The standard InChI is InChI=1S/C25H25N3O5.C14H15NO2.C12H14N2O3/c1-15-2-4-19-20(26-15)5-7-23-25(19)33-18(13-30-23)12-28-9-8-17(11-28)32-16-3-6-22-21(10-16)27-24(29)14-31-22;1-3-10-8-16-13-7-6-12-11(14(13)17-10)5-4-9(2)15-12;15-12-7-16-11-2-1-8(5-10(11)14-12)17-9-3-4-13-6-9/h2-7,10,17-18H,8-9,11-14H2,1H3,(H,27,29);4-7,10H,3,8H2,1-2H3;1-2,5,9,13H,3-4,6-7H2,(H,14,15)/t17-,18-;10-;9-/m000/s1. The van der Waals surface area contributed by atoms with E-state index in [1.165, 1.54) is 0 Å². The molecule has 67 heavy (non-hydrogen) atoms. The Bertz CT molecular complexity index is 2800. The van der Waals surface area contributed by atoms with Gasteiger partial charge in [-0.25, -0.2) is 0 Å². The summed E-state index contributed by atoms with van der Waals surface area (Å²) in [5, 5.41) is 10.8.